The Morgan fingerprint density at radius 3 is 2.79 bits per heavy atom. The Kier molecular flexibility index (Phi) is 5.27. The smallest absolute Gasteiger partial charge is 0.236 e. The molecule has 0 aliphatic heterocycles. The van der Waals surface area contributed by atoms with Crippen LogP contribution >= 0.6 is 23.1 Å². The van der Waals surface area contributed by atoms with Crippen molar-refractivity contribution >= 4 is 34.1 Å². The van der Waals surface area contributed by atoms with Gasteiger partial charge in [-0.3, -0.25) is 9.36 Å². The summed E-state index contributed by atoms with van der Waals surface area (Å²) in [6, 6.07) is 8.28. The van der Waals surface area contributed by atoms with Gasteiger partial charge in [0.2, 0.25) is 5.91 Å². The Bertz CT molecular complexity index is 796. The van der Waals surface area contributed by atoms with Gasteiger partial charge in [-0.25, -0.2) is 4.98 Å². The van der Waals surface area contributed by atoms with Crippen molar-refractivity contribution in [2.45, 2.75) is 24.9 Å². The fourth-order valence-corrected chi connectivity index (χ4v) is 3.36. The molecule has 3 rings (SSSR count). The Labute approximate surface area is 148 Å². The van der Waals surface area contributed by atoms with E-state index in [0.717, 1.165) is 5.69 Å². The quantitative estimate of drug-likeness (QED) is 0.681. The molecule has 0 spiro atoms. The highest BCUT2D eigenvalue weighted by atomic mass is 32.2. The molecule has 24 heavy (non-hydrogen) atoms. The van der Waals surface area contributed by atoms with Crippen LogP contribution in [0.1, 0.15) is 25.3 Å². The minimum Gasteiger partial charge on any atom is -0.301 e. The first-order chi connectivity index (χ1) is 11.6. The van der Waals surface area contributed by atoms with Gasteiger partial charge in [-0.05, 0) is 23.6 Å². The summed E-state index contributed by atoms with van der Waals surface area (Å²) in [7, 11) is 0. The van der Waals surface area contributed by atoms with Gasteiger partial charge < -0.3 is 5.32 Å². The van der Waals surface area contributed by atoms with Gasteiger partial charge in [-0.2, -0.15) is 0 Å². The van der Waals surface area contributed by atoms with Crippen molar-refractivity contribution in [2.75, 3.05) is 11.1 Å². The lowest BCUT2D eigenvalue weighted by molar-refractivity contribution is -0.113. The van der Waals surface area contributed by atoms with Gasteiger partial charge in [-0.15, -0.1) is 21.5 Å². The molecule has 1 aromatic carbocycles. The fourth-order valence-electron chi connectivity index (χ4n) is 2.09. The second-order valence-electron chi connectivity index (χ2n) is 5.40. The highest BCUT2D eigenvalue weighted by Gasteiger charge is 2.11. The molecule has 0 saturated heterocycles. The average molecular weight is 359 g/mol. The summed E-state index contributed by atoms with van der Waals surface area (Å²) in [4.78, 5) is 16.0. The summed E-state index contributed by atoms with van der Waals surface area (Å²) in [5.41, 5.74) is 2.26. The number of benzene rings is 1. The molecule has 6 nitrogen and oxygen atoms in total. The van der Waals surface area contributed by atoms with Gasteiger partial charge in [0.05, 0.1) is 5.75 Å². The molecule has 0 unspecified atom stereocenters. The van der Waals surface area contributed by atoms with E-state index in [0.29, 0.717) is 16.2 Å². The van der Waals surface area contributed by atoms with Crippen LogP contribution in [0.5, 0.6) is 0 Å². The number of nitrogens with zero attached hydrogens (tertiary/aromatic N) is 4. The van der Waals surface area contributed by atoms with E-state index in [1.807, 2.05) is 22.1 Å². The van der Waals surface area contributed by atoms with Crippen LogP contribution in [0, 0.1) is 0 Å². The zero-order chi connectivity index (χ0) is 16.9. The van der Waals surface area contributed by atoms with E-state index in [1.54, 1.807) is 12.5 Å². The van der Waals surface area contributed by atoms with Crippen LogP contribution in [0.25, 0.3) is 5.69 Å². The molecule has 2 heterocycles. The molecule has 0 aliphatic rings. The van der Waals surface area contributed by atoms with Gasteiger partial charge in [0.1, 0.15) is 6.33 Å². The molecule has 0 fully saturated rings. The molecular formula is C16H17N5OS2. The third-order valence-electron chi connectivity index (χ3n) is 3.37. The zero-order valence-corrected chi connectivity index (χ0v) is 15.0. The lowest BCUT2D eigenvalue weighted by Gasteiger charge is -2.09. The van der Waals surface area contributed by atoms with Gasteiger partial charge in [0.25, 0.3) is 0 Å². The highest BCUT2D eigenvalue weighted by molar-refractivity contribution is 7.99. The van der Waals surface area contributed by atoms with E-state index in [9.17, 15) is 4.79 Å². The van der Waals surface area contributed by atoms with E-state index in [1.165, 1.54) is 28.7 Å². The number of carbonyl (C=O) groups excluding carboxylic acids is 1. The van der Waals surface area contributed by atoms with Gasteiger partial charge in [0, 0.05) is 17.3 Å². The number of rotatable bonds is 6. The van der Waals surface area contributed by atoms with Gasteiger partial charge in [0.15, 0.2) is 10.3 Å². The molecule has 0 radical (unpaired) electrons. The largest absolute Gasteiger partial charge is 0.301 e. The third kappa shape index (κ3) is 4.01. The van der Waals surface area contributed by atoms with Crippen LogP contribution in [0.4, 0.5) is 5.13 Å². The lowest BCUT2D eigenvalue weighted by Crippen LogP contribution is -2.14. The summed E-state index contributed by atoms with van der Waals surface area (Å²) < 4.78 is 1.88. The molecule has 2 aromatic heterocycles. The average Bonchev–Trinajstić information content (AvgIpc) is 3.24. The topological polar surface area (TPSA) is 72.7 Å². The standard InChI is InChI=1S/C16H17N5OS2/c1-11(2)12-3-5-13(6-4-12)21-10-18-20-16(21)24-9-14(22)19-15-17-7-8-23-15/h3-8,10-11H,9H2,1-2H3,(H,17,19,22). The van der Waals surface area contributed by atoms with E-state index in [4.69, 9.17) is 0 Å². The molecule has 0 atom stereocenters. The normalized spacial score (nSPS) is 11.0. The van der Waals surface area contributed by atoms with Crippen molar-refractivity contribution in [1.82, 2.24) is 19.7 Å². The summed E-state index contributed by atoms with van der Waals surface area (Å²) in [5.74, 6) is 0.630. The second kappa shape index (κ2) is 7.59. The van der Waals surface area contributed by atoms with Crippen molar-refractivity contribution in [2.24, 2.45) is 0 Å². The number of anilines is 1. The predicted octanol–water partition coefficient (Wildman–Crippen LogP) is 3.58. The van der Waals surface area contributed by atoms with Crippen LogP contribution in [0.3, 0.4) is 0 Å². The van der Waals surface area contributed by atoms with Crippen LogP contribution in [-0.2, 0) is 4.79 Å². The maximum atomic E-state index is 12.0. The highest BCUT2D eigenvalue weighted by Crippen LogP contribution is 2.22. The lowest BCUT2D eigenvalue weighted by atomic mass is 10.0. The first kappa shape index (κ1) is 16.7. The number of thioether (sulfide) groups is 1. The third-order valence-corrected chi connectivity index (χ3v) is 5.00. The first-order valence-corrected chi connectivity index (χ1v) is 9.32. The molecule has 3 aromatic rings. The predicted molar refractivity (Wildman–Crippen MR) is 96.9 cm³/mol. The van der Waals surface area contributed by atoms with Crippen LogP contribution in [-0.4, -0.2) is 31.4 Å². The maximum Gasteiger partial charge on any atom is 0.236 e. The van der Waals surface area contributed by atoms with Gasteiger partial charge in [-0.1, -0.05) is 37.7 Å². The first-order valence-electron chi connectivity index (χ1n) is 7.46. The number of carbonyl (C=O) groups is 1. The Morgan fingerprint density at radius 2 is 2.12 bits per heavy atom. The fraction of sp³-hybridized carbons (Fsp3) is 0.250. The molecule has 124 valence electrons. The zero-order valence-electron chi connectivity index (χ0n) is 13.3. The molecule has 0 bridgehead atoms. The minimum atomic E-state index is -0.111. The molecular weight excluding hydrogens is 342 g/mol. The summed E-state index contributed by atoms with van der Waals surface area (Å²) in [5, 5.41) is 13.9. The number of hydrogen-bond acceptors (Lipinski definition) is 6. The SMILES string of the molecule is CC(C)c1ccc(-n2cnnc2SCC(=O)Nc2nccs2)cc1. The Morgan fingerprint density at radius 1 is 1.33 bits per heavy atom. The van der Waals surface area contributed by atoms with Crippen molar-refractivity contribution in [3.63, 3.8) is 0 Å². The van der Waals surface area contributed by atoms with Gasteiger partial charge >= 0.3 is 0 Å². The summed E-state index contributed by atoms with van der Waals surface area (Å²) in [6.45, 7) is 4.33. The van der Waals surface area contributed by atoms with Crippen molar-refractivity contribution in [3.8, 4) is 5.69 Å². The minimum absolute atomic E-state index is 0.111. The number of thiazole rings is 1. The van der Waals surface area contributed by atoms with Crippen LogP contribution < -0.4 is 5.32 Å². The summed E-state index contributed by atoms with van der Waals surface area (Å²) in [6.07, 6.45) is 3.32. The van der Waals surface area contributed by atoms with E-state index in [-0.39, 0.29) is 11.7 Å². The number of hydrogen-bond donors (Lipinski definition) is 1. The molecule has 1 amide bonds. The molecule has 0 aliphatic carbocycles. The van der Waals surface area contributed by atoms with Crippen molar-refractivity contribution in [1.29, 1.82) is 0 Å². The van der Waals surface area contributed by atoms with Crippen LogP contribution in [0.2, 0.25) is 0 Å². The number of nitrogens with one attached hydrogen (secondary N) is 1. The Balaban J connectivity index is 1.65. The molecule has 0 saturated carbocycles. The molecule has 1 N–H and O–H groups in total. The van der Waals surface area contributed by atoms with E-state index >= 15 is 0 Å². The number of aromatic nitrogens is 4. The summed E-state index contributed by atoms with van der Waals surface area (Å²) >= 11 is 2.74. The van der Waals surface area contributed by atoms with E-state index in [2.05, 4.69) is 46.5 Å². The van der Waals surface area contributed by atoms with E-state index < -0.39 is 0 Å². The van der Waals surface area contributed by atoms with Crippen molar-refractivity contribution < 1.29 is 4.79 Å². The number of amides is 1. The Hall–Kier alpha value is -2.19. The van der Waals surface area contributed by atoms with Crippen LogP contribution in [0.15, 0.2) is 47.3 Å². The second-order valence-corrected chi connectivity index (χ2v) is 7.24. The van der Waals surface area contributed by atoms with Crippen molar-refractivity contribution in [3.05, 3.63) is 47.7 Å². The monoisotopic (exact) mass is 359 g/mol. The maximum absolute atomic E-state index is 12.0. The molecule has 8 heteroatoms.